The van der Waals surface area contributed by atoms with Gasteiger partial charge in [0.2, 0.25) is 0 Å². The first kappa shape index (κ1) is 10.9. The van der Waals surface area contributed by atoms with Gasteiger partial charge in [0.25, 0.3) is 5.91 Å². The number of carbonyl (C=O) groups excluding carboxylic acids is 1. The molecule has 1 aromatic carbocycles. The number of amides is 1. The van der Waals surface area contributed by atoms with Crippen molar-refractivity contribution >= 4 is 11.6 Å². The molecule has 0 aliphatic heterocycles. The number of nitrogens with two attached hydrogens (primary N) is 1. The van der Waals surface area contributed by atoms with Crippen molar-refractivity contribution < 1.29 is 14.3 Å². The minimum absolute atomic E-state index is 0.0137. The maximum atomic E-state index is 13.1. The van der Waals surface area contributed by atoms with Gasteiger partial charge in [-0.3, -0.25) is 4.79 Å². The van der Waals surface area contributed by atoms with Crippen LogP contribution in [0.2, 0.25) is 0 Å². The second-order valence-corrected chi connectivity index (χ2v) is 4.13. The Morgan fingerprint density at radius 2 is 2.25 bits per heavy atom. The molecule has 1 aliphatic rings. The number of halogens is 1. The fourth-order valence-electron chi connectivity index (χ4n) is 1.45. The van der Waals surface area contributed by atoms with Crippen LogP contribution in [-0.2, 0) is 0 Å². The maximum absolute atomic E-state index is 13.1. The Labute approximate surface area is 92.3 Å². The van der Waals surface area contributed by atoms with Crippen LogP contribution in [0.5, 0.6) is 0 Å². The largest absolute Gasteiger partial charge is 0.396 e. The zero-order valence-corrected chi connectivity index (χ0v) is 8.66. The van der Waals surface area contributed by atoms with Crippen molar-refractivity contribution in [3.8, 4) is 0 Å². The third kappa shape index (κ3) is 1.99. The summed E-state index contributed by atoms with van der Waals surface area (Å²) in [6.45, 7) is -0.0871. The van der Waals surface area contributed by atoms with Gasteiger partial charge in [0, 0.05) is 5.56 Å². The molecule has 1 aliphatic carbocycles. The Hall–Kier alpha value is -1.62. The second-order valence-electron chi connectivity index (χ2n) is 4.13. The molecule has 0 saturated heterocycles. The fraction of sp³-hybridized carbons (Fsp3) is 0.364. The normalized spacial score (nSPS) is 16.9. The Morgan fingerprint density at radius 1 is 1.56 bits per heavy atom. The molecule has 0 heterocycles. The lowest BCUT2D eigenvalue weighted by Crippen LogP contribution is -2.39. The predicted molar refractivity (Wildman–Crippen MR) is 57.3 cm³/mol. The smallest absolute Gasteiger partial charge is 0.251 e. The molecule has 1 aromatic rings. The molecule has 5 heteroatoms. The molecule has 0 spiro atoms. The number of anilines is 1. The zero-order valence-electron chi connectivity index (χ0n) is 8.66. The molecule has 0 radical (unpaired) electrons. The SMILES string of the molecule is Nc1ccc(C(=O)NC2(CO)CC2)cc1F. The van der Waals surface area contributed by atoms with Crippen LogP contribution in [0, 0.1) is 5.82 Å². The highest BCUT2D eigenvalue weighted by Crippen LogP contribution is 2.34. The van der Waals surface area contributed by atoms with Gasteiger partial charge in [0.15, 0.2) is 0 Å². The van der Waals surface area contributed by atoms with E-state index in [4.69, 9.17) is 10.8 Å². The first-order chi connectivity index (χ1) is 7.56. The van der Waals surface area contributed by atoms with E-state index in [9.17, 15) is 9.18 Å². The maximum Gasteiger partial charge on any atom is 0.251 e. The Morgan fingerprint density at radius 3 is 2.75 bits per heavy atom. The zero-order chi connectivity index (χ0) is 11.8. The molecule has 4 N–H and O–H groups in total. The first-order valence-electron chi connectivity index (χ1n) is 5.05. The van der Waals surface area contributed by atoms with Crippen molar-refractivity contribution in [2.24, 2.45) is 0 Å². The molecule has 0 bridgehead atoms. The molecule has 0 atom stereocenters. The van der Waals surface area contributed by atoms with Crippen molar-refractivity contribution in [2.75, 3.05) is 12.3 Å². The van der Waals surface area contributed by atoms with Gasteiger partial charge in [-0.05, 0) is 31.0 Å². The lowest BCUT2D eigenvalue weighted by Gasteiger charge is -2.14. The number of aliphatic hydroxyl groups excluding tert-OH is 1. The molecule has 0 aromatic heterocycles. The number of nitrogen functional groups attached to an aromatic ring is 1. The van der Waals surface area contributed by atoms with Crippen molar-refractivity contribution in [3.63, 3.8) is 0 Å². The van der Waals surface area contributed by atoms with E-state index < -0.39 is 11.4 Å². The van der Waals surface area contributed by atoms with Gasteiger partial charge in [-0.25, -0.2) is 4.39 Å². The summed E-state index contributed by atoms with van der Waals surface area (Å²) >= 11 is 0. The average molecular weight is 224 g/mol. The van der Waals surface area contributed by atoms with Crippen molar-refractivity contribution in [3.05, 3.63) is 29.6 Å². The van der Waals surface area contributed by atoms with Gasteiger partial charge < -0.3 is 16.2 Å². The van der Waals surface area contributed by atoms with Gasteiger partial charge in [-0.1, -0.05) is 0 Å². The fourth-order valence-corrected chi connectivity index (χ4v) is 1.45. The lowest BCUT2D eigenvalue weighted by molar-refractivity contribution is 0.0906. The Bertz CT molecular complexity index is 430. The Balaban J connectivity index is 2.12. The van der Waals surface area contributed by atoms with Crippen LogP contribution in [0.3, 0.4) is 0 Å². The van der Waals surface area contributed by atoms with Gasteiger partial charge in [0.05, 0.1) is 17.8 Å². The molecule has 1 fully saturated rings. The number of hydrogen-bond acceptors (Lipinski definition) is 3. The van der Waals surface area contributed by atoms with Crippen LogP contribution < -0.4 is 11.1 Å². The Kier molecular flexibility index (Phi) is 2.55. The van der Waals surface area contributed by atoms with E-state index in [1.807, 2.05) is 0 Å². The summed E-state index contributed by atoms with van der Waals surface area (Å²) < 4.78 is 13.1. The average Bonchev–Trinajstić information content (AvgIpc) is 3.02. The first-order valence-corrected chi connectivity index (χ1v) is 5.05. The van der Waals surface area contributed by atoms with E-state index in [1.165, 1.54) is 12.1 Å². The number of nitrogens with one attached hydrogen (secondary N) is 1. The van der Waals surface area contributed by atoms with Crippen LogP contribution >= 0.6 is 0 Å². The molecule has 4 nitrogen and oxygen atoms in total. The summed E-state index contributed by atoms with van der Waals surface area (Å²) in [5.74, 6) is -0.994. The van der Waals surface area contributed by atoms with Gasteiger partial charge >= 0.3 is 0 Å². The number of rotatable bonds is 3. The minimum atomic E-state index is -0.610. The minimum Gasteiger partial charge on any atom is -0.396 e. The molecule has 86 valence electrons. The molecule has 1 saturated carbocycles. The summed E-state index contributed by atoms with van der Waals surface area (Å²) in [5, 5.41) is 11.7. The predicted octanol–water partition coefficient (Wildman–Crippen LogP) is 0.663. The van der Waals surface area contributed by atoms with Crippen LogP contribution in [0.1, 0.15) is 23.2 Å². The van der Waals surface area contributed by atoms with Crippen LogP contribution in [-0.4, -0.2) is 23.2 Å². The highest BCUT2D eigenvalue weighted by atomic mass is 19.1. The van der Waals surface area contributed by atoms with Crippen LogP contribution in [0.25, 0.3) is 0 Å². The van der Waals surface area contributed by atoms with Crippen molar-refractivity contribution in [1.82, 2.24) is 5.32 Å². The number of aliphatic hydroxyl groups is 1. The number of hydrogen-bond donors (Lipinski definition) is 3. The van der Waals surface area contributed by atoms with Crippen molar-refractivity contribution in [1.29, 1.82) is 0 Å². The monoisotopic (exact) mass is 224 g/mol. The molecule has 0 unspecified atom stereocenters. The van der Waals surface area contributed by atoms with Gasteiger partial charge in [0.1, 0.15) is 5.82 Å². The van der Waals surface area contributed by atoms with E-state index >= 15 is 0 Å². The topological polar surface area (TPSA) is 75.4 Å². The number of carbonyl (C=O) groups is 1. The van der Waals surface area contributed by atoms with Crippen LogP contribution in [0.4, 0.5) is 10.1 Å². The quantitative estimate of drug-likeness (QED) is 0.660. The second kappa shape index (κ2) is 3.75. The van der Waals surface area contributed by atoms with Crippen molar-refractivity contribution in [2.45, 2.75) is 18.4 Å². The van der Waals surface area contributed by atoms with E-state index in [0.29, 0.717) is 0 Å². The lowest BCUT2D eigenvalue weighted by atomic mass is 10.1. The van der Waals surface area contributed by atoms with Gasteiger partial charge in [-0.15, -0.1) is 0 Å². The summed E-state index contributed by atoms with van der Waals surface area (Å²) in [5.41, 5.74) is 5.04. The number of benzene rings is 1. The van der Waals surface area contributed by atoms with Gasteiger partial charge in [-0.2, -0.15) is 0 Å². The van der Waals surface area contributed by atoms with E-state index in [0.717, 1.165) is 18.9 Å². The summed E-state index contributed by atoms with van der Waals surface area (Å²) in [4.78, 5) is 11.7. The standard InChI is InChI=1S/C11H13FN2O2/c12-8-5-7(1-2-9(8)13)10(16)14-11(6-15)3-4-11/h1-2,5,15H,3-4,6,13H2,(H,14,16). The van der Waals surface area contributed by atoms with E-state index in [1.54, 1.807) is 0 Å². The molecule has 1 amide bonds. The summed E-state index contributed by atoms with van der Waals surface area (Å²) in [7, 11) is 0. The molecule has 16 heavy (non-hydrogen) atoms. The third-order valence-corrected chi connectivity index (χ3v) is 2.80. The highest BCUT2D eigenvalue weighted by Gasteiger charge is 2.43. The van der Waals surface area contributed by atoms with Crippen LogP contribution in [0.15, 0.2) is 18.2 Å². The molecular weight excluding hydrogens is 211 g/mol. The summed E-state index contributed by atoms with van der Waals surface area (Å²) in [6.07, 6.45) is 1.51. The molecular formula is C11H13FN2O2. The molecule has 2 rings (SSSR count). The summed E-state index contributed by atoms with van der Waals surface area (Å²) in [6, 6.07) is 3.90. The van der Waals surface area contributed by atoms with E-state index in [2.05, 4.69) is 5.32 Å². The van der Waals surface area contributed by atoms with E-state index in [-0.39, 0.29) is 23.8 Å². The highest BCUT2D eigenvalue weighted by molar-refractivity contribution is 5.95. The third-order valence-electron chi connectivity index (χ3n) is 2.80.